The predicted octanol–water partition coefficient (Wildman–Crippen LogP) is 3.26. The van der Waals surface area contributed by atoms with Crippen molar-refractivity contribution in [1.82, 2.24) is 0 Å². The summed E-state index contributed by atoms with van der Waals surface area (Å²) in [7, 11) is -2.83. The van der Waals surface area contributed by atoms with E-state index >= 15 is 0 Å². The van der Waals surface area contributed by atoms with Crippen molar-refractivity contribution in [3.8, 4) is 11.5 Å². The first kappa shape index (κ1) is 17.5. The molecule has 134 valence electrons. The van der Waals surface area contributed by atoms with Crippen LogP contribution in [0.4, 0.5) is 11.4 Å². The average molecular weight is 374 g/mol. The van der Waals surface area contributed by atoms with Gasteiger partial charge < -0.3 is 9.84 Å². The van der Waals surface area contributed by atoms with Gasteiger partial charge in [0.1, 0.15) is 5.75 Å². The number of methoxy groups -OCH3 is 1. The van der Waals surface area contributed by atoms with Crippen molar-refractivity contribution >= 4 is 32.2 Å². The normalized spacial score (nSPS) is 11.3. The van der Waals surface area contributed by atoms with Crippen molar-refractivity contribution in [2.45, 2.75) is 4.90 Å². The van der Waals surface area contributed by atoms with Gasteiger partial charge in [0.05, 0.1) is 22.6 Å². The van der Waals surface area contributed by atoms with E-state index < -0.39 is 20.6 Å². The summed E-state index contributed by atoms with van der Waals surface area (Å²) < 4.78 is 32.6. The van der Waals surface area contributed by atoms with Crippen LogP contribution in [0.2, 0.25) is 0 Å². The monoisotopic (exact) mass is 374 g/mol. The summed E-state index contributed by atoms with van der Waals surface area (Å²) in [6, 6.07) is 12.9. The lowest BCUT2D eigenvalue weighted by Crippen LogP contribution is -2.13. The fourth-order valence-electron chi connectivity index (χ4n) is 2.56. The summed E-state index contributed by atoms with van der Waals surface area (Å²) in [6.45, 7) is 0. The SMILES string of the molecule is COc1ccc(S(=O)(=O)Nc2ccc(O)c3ccccc23)cc1[N+](=O)[O-]. The molecule has 26 heavy (non-hydrogen) atoms. The van der Waals surface area contributed by atoms with Gasteiger partial charge in [-0.15, -0.1) is 0 Å². The number of nitro benzene ring substituents is 1. The number of rotatable bonds is 5. The maximum atomic E-state index is 12.7. The molecule has 2 N–H and O–H groups in total. The number of phenolic OH excluding ortho intramolecular Hbond substituents is 1. The largest absolute Gasteiger partial charge is 0.507 e. The third-order valence-corrected chi connectivity index (χ3v) is 5.17. The number of phenols is 1. The fourth-order valence-corrected chi connectivity index (χ4v) is 3.65. The third-order valence-electron chi connectivity index (χ3n) is 3.80. The first-order valence-electron chi connectivity index (χ1n) is 7.39. The molecule has 8 nitrogen and oxygen atoms in total. The van der Waals surface area contributed by atoms with Crippen LogP contribution in [0, 0.1) is 10.1 Å². The number of benzene rings is 3. The zero-order valence-electron chi connectivity index (χ0n) is 13.5. The second-order valence-corrected chi connectivity index (χ2v) is 7.06. The van der Waals surface area contributed by atoms with Gasteiger partial charge in [-0.1, -0.05) is 24.3 Å². The number of nitro groups is 1. The molecule has 0 saturated heterocycles. The van der Waals surface area contributed by atoms with Crippen LogP contribution in [0.15, 0.2) is 59.5 Å². The van der Waals surface area contributed by atoms with Gasteiger partial charge in [-0.05, 0) is 24.3 Å². The van der Waals surface area contributed by atoms with Crippen molar-refractivity contribution in [3.05, 3.63) is 64.7 Å². The van der Waals surface area contributed by atoms with Crippen molar-refractivity contribution in [2.75, 3.05) is 11.8 Å². The van der Waals surface area contributed by atoms with Crippen LogP contribution in [0.25, 0.3) is 10.8 Å². The van der Waals surface area contributed by atoms with Gasteiger partial charge in [-0.2, -0.15) is 0 Å². The summed E-state index contributed by atoms with van der Waals surface area (Å²) in [5.41, 5.74) is -0.206. The molecule has 0 unspecified atom stereocenters. The number of nitrogens with one attached hydrogen (secondary N) is 1. The molecule has 3 aromatic rings. The lowest BCUT2D eigenvalue weighted by atomic mass is 10.1. The van der Waals surface area contributed by atoms with Gasteiger partial charge in [-0.3, -0.25) is 14.8 Å². The number of hydrogen-bond donors (Lipinski definition) is 2. The molecule has 0 aliphatic carbocycles. The highest BCUT2D eigenvalue weighted by Crippen LogP contribution is 2.33. The quantitative estimate of drug-likeness (QED) is 0.402. The van der Waals surface area contributed by atoms with E-state index in [2.05, 4.69) is 4.72 Å². The van der Waals surface area contributed by atoms with Crippen LogP contribution in [0.3, 0.4) is 0 Å². The number of anilines is 1. The van der Waals surface area contributed by atoms with Gasteiger partial charge >= 0.3 is 5.69 Å². The molecule has 0 amide bonds. The molecular weight excluding hydrogens is 360 g/mol. The highest BCUT2D eigenvalue weighted by atomic mass is 32.2. The molecule has 3 rings (SSSR count). The molecule has 0 heterocycles. The summed E-state index contributed by atoms with van der Waals surface area (Å²) >= 11 is 0. The molecule has 0 atom stereocenters. The smallest absolute Gasteiger partial charge is 0.312 e. The van der Waals surface area contributed by atoms with Gasteiger partial charge in [0.15, 0.2) is 5.75 Å². The number of ether oxygens (including phenoxy) is 1. The Bertz CT molecular complexity index is 1110. The molecule has 0 aromatic heterocycles. The zero-order valence-corrected chi connectivity index (χ0v) is 14.4. The average Bonchev–Trinajstić information content (AvgIpc) is 2.63. The molecule has 0 spiro atoms. The Labute approximate surface area is 148 Å². The standard InChI is InChI=1S/C17H14N2O6S/c1-25-17-9-6-11(10-15(17)19(21)22)26(23,24)18-14-7-8-16(20)13-5-3-2-4-12(13)14/h2-10,18,20H,1H3. The second-order valence-electron chi connectivity index (χ2n) is 5.37. The first-order valence-corrected chi connectivity index (χ1v) is 8.88. The van der Waals surface area contributed by atoms with Crippen LogP contribution in [-0.2, 0) is 10.0 Å². The third kappa shape index (κ3) is 3.11. The number of fused-ring (bicyclic) bond motifs is 1. The minimum Gasteiger partial charge on any atom is -0.507 e. The van der Waals surface area contributed by atoms with Crippen molar-refractivity contribution in [1.29, 1.82) is 0 Å². The Hall–Kier alpha value is -3.33. The van der Waals surface area contributed by atoms with Crippen molar-refractivity contribution < 1.29 is 23.2 Å². The molecule has 3 aromatic carbocycles. The molecule has 0 saturated carbocycles. The van der Waals surface area contributed by atoms with Crippen molar-refractivity contribution in [3.63, 3.8) is 0 Å². The maximum Gasteiger partial charge on any atom is 0.312 e. The van der Waals surface area contributed by atoms with Crippen LogP contribution < -0.4 is 9.46 Å². The lowest BCUT2D eigenvalue weighted by molar-refractivity contribution is -0.386. The van der Waals surface area contributed by atoms with E-state index in [1.54, 1.807) is 24.3 Å². The highest BCUT2D eigenvalue weighted by Gasteiger charge is 2.22. The molecule has 0 radical (unpaired) electrons. The Morgan fingerprint density at radius 3 is 2.42 bits per heavy atom. The van der Waals surface area contributed by atoms with Gasteiger partial charge in [0, 0.05) is 16.8 Å². The number of aromatic hydroxyl groups is 1. The summed E-state index contributed by atoms with van der Waals surface area (Å²) in [6.07, 6.45) is 0. The van der Waals surface area contributed by atoms with E-state index in [9.17, 15) is 23.6 Å². The minimum absolute atomic E-state index is 0.0173. The second kappa shape index (κ2) is 6.52. The Morgan fingerprint density at radius 1 is 1.08 bits per heavy atom. The molecule has 0 fully saturated rings. The Kier molecular flexibility index (Phi) is 4.39. The molecule has 0 bridgehead atoms. The Balaban J connectivity index is 2.07. The van der Waals surface area contributed by atoms with E-state index in [4.69, 9.17) is 4.74 Å². The highest BCUT2D eigenvalue weighted by molar-refractivity contribution is 7.92. The van der Waals surface area contributed by atoms with E-state index in [0.29, 0.717) is 10.8 Å². The minimum atomic E-state index is -4.09. The summed E-state index contributed by atoms with van der Waals surface area (Å²) in [5.74, 6) is -0.0207. The van der Waals surface area contributed by atoms with E-state index in [1.807, 2.05) is 0 Å². The van der Waals surface area contributed by atoms with Gasteiger partial charge in [0.2, 0.25) is 0 Å². The molecular formula is C17H14N2O6S. The number of nitrogens with zero attached hydrogens (tertiary/aromatic N) is 1. The molecule has 0 aliphatic rings. The van der Waals surface area contributed by atoms with Crippen LogP contribution >= 0.6 is 0 Å². The zero-order chi connectivity index (χ0) is 18.9. The van der Waals surface area contributed by atoms with Crippen molar-refractivity contribution in [2.24, 2.45) is 0 Å². The van der Waals surface area contributed by atoms with Gasteiger partial charge in [-0.25, -0.2) is 8.42 Å². The van der Waals surface area contributed by atoms with Gasteiger partial charge in [0.25, 0.3) is 10.0 Å². The molecule has 0 aliphatic heterocycles. The van der Waals surface area contributed by atoms with Crippen LogP contribution in [0.5, 0.6) is 11.5 Å². The molecule has 9 heteroatoms. The van der Waals surface area contributed by atoms with Crippen LogP contribution in [0.1, 0.15) is 0 Å². The summed E-state index contributed by atoms with van der Waals surface area (Å²) in [4.78, 5) is 10.1. The van der Waals surface area contributed by atoms with E-state index in [1.165, 1.54) is 31.4 Å². The fraction of sp³-hybridized carbons (Fsp3) is 0.0588. The number of hydrogen-bond acceptors (Lipinski definition) is 6. The Morgan fingerprint density at radius 2 is 1.77 bits per heavy atom. The lowest BCUT2D eigenvalue weighted by Gasteiger charge is -2.12. The maximum absolute atomic E-state index is 12.7. The summed E-state index contributed by atoms with van der Waals surface area (Å²) in [5, 5.41) is 22.0. The van der Waals surface area contributed by atoms with E-state index in [-0.39, 0.29) is 22.1 Å². The topological polar surface area (TPSA) is 119 Å². The van der Waals surface area contributed by atoms with Crippen LogP contribution in [-0.4, -0.2) is 25.6 Å². The number of sulfonamides is 1. The predicted molar refractivity (Wildman–Crippen MR) is 96.1 cm³/mol. The van der Waals surface area contributed by atoms with E-state index in [0.717, 1.165) is 6.07 Å². The first-order chi connectivity index (χ1) is 12.3.